The van der Waals surface area contributed by atoms with E-state index in [1.807, 2.05) is 42.5 Å². The Morgan fingerprint density at radius 3 is 1.12 bits per heavy atom. The van der Waals surface area contributed by atoms with Crippen molar-refractivity contribution in [1.82, 2.24) is 0 Å². The minimum absolute atomic E-state index is 0.0251. The molecule has 0 amide bonds. The van der Waals surface area contributed by atoms with Gasteiger partial charge in [-0.05, 0) is 25.5 Å². The average Bonchev–Trinajstić information content (AvgIpc) is 2.48. The second-order valence-electron chi connectivity index (χ2n) is 18.0. The fourth-order valence-electron chi connectivity index (χ4n) is 7.78. The monoisotopic (exact) mass is 1540 g/mol. The van der Waals surface area contributed by atoms with Gasteiger partial charge in [-0.2, -0.15) is 0 Å². The first-order valence-electron chi connectivity index (χ1n) is 28.0. The van der Waals surface area contributed by atoms with Crippen LogP contribution in [0.3, 0.4) is 0 Å². The Kier molecular flexibility index (Phi) is 34.9. The molecule has 0 aromatic heterocycles. The number of carbonyl (C=O) groups excluding carboxylic acids is 3. The van der Waals surface area contributed by atoms with Crippen LogP contribution >= 0.6 is 0 Å². The van der Waals surface area contributed by atoms with E-state index in [9.17, 15) is 14.4 Å². The van der Waals surface area contributed by atoms with Crippen LogP contribution in [0.4, 0.5) is 0 Å². The second-order valence-corrected chi connectivity index (χ2v) is 32.9. The molecule has 0 unspecified atom stereocenters. The van der Waals surface area contributed by atoms with E-state index in [1.54, 1.807) is 80.4 Å². The van der Waals surface area contributed by atoms with Gasteiger partial charge < -0.3 is 18.9 Å². The van der Waals surface area contributed by atoms with Crippen LogP contribution in [0.15, 0.2) is 188 Å². The van der Waals surface area contributed by atoms with Crippen molar-refractivity contribution >= 4 is 111 Å². The first-order chi connectivity index (χ1) is 43.4. The zero-order valence-electron chi connectivity index (χ0n) is 51.6. The number of benzene rings is 8. The molecule has 472 valence electrons. The van der Waals surface area contributed by atoms with Crippen molar-refractivity contribution in [2.24, 2.45) is 0 Å². The number of aryl methyl sites for hydroxylation is 1. The van der Waals surface area contributed by atoms with E-state index >= 15 is 0 Å². The molecule has 0 aliphatic heterocycles. The van der Waals surface area contributed by atoms with Gasteiger partial charge in [0, 0.05) is 13.2 Å². The molecule has 0 fully saturated rings. The molecule has 20 heteroatoms. The Balaban J connectivity index is 0.000000226. The Labute approximate surface area is 553 Å². The Morgan fingerprint density at radius 2 is 0.730 bits per heavy atom. The van der Waals surface area contributed by atoms with E-state index in [0.29, 0.717) is 90.7 Å². The van der Waals surface area contributed by atoms with Gasteiger partial charge in [0.25, 0.3) is 0 Å². The van der Waals surface area contributed by atoms with Crippen molar-refractivity contribution in [3.05, 3.63) is 221 Å². The average molecular weight is 1540 g/mol. The molecule has 0 atom stereocenters. The molecule has 0 radical (unpaired) electrons. The standard InChI is InChI=1S/C25H26O5Se2.C19H22O5Se.C13H18O5.C12H10Se2/c1-4-29-24(26)23-21(15-18(28-3)16-22(23)30-17-27-2)25(31-19-11-7-5-8-12-19)32-20-13-9-6-10-14-20;1-4-23-19(20)18-14(12-25-16-8-6-5-7-9-16)10-15(22-3)11-17(18)24-13-21-2;1-5-17-13(14)12-9(2)6-10(16-4)7-11(12)18-8-15-3;1-3-7-11(8-4-1)13-14-12-9-5-2-6-10-12/h5-16,25H,4,17H2,1-3H3;5-11H,4,12-13H2,1-3H3;6-7H,5,8H2,1-4H3;1-10H. The maximum absolute atomic E-state index is 13.1. The maximum atomic E-state index is 13.1. The quantitative estimate of drug-likeness (QED) is 0.0190. The van der Waals surface area contributed by atoms with Gasteiger partial charge in [-0.15, -0.1) is 0 Å². The number of ether oxygens (including phenoxy) is 12. The summed E-state index contributed by atoms with van der Waals surface area (Å²) in [6.45, 7) is 8.17. The van der Waals surface area contributed by atoms with E-state index in [4.69, 9.17) is 56.8 Å². The summed E-state index contributed by atoms with van der Waals surface area (Å²) in [6.07, 6.45) is 0. The molecule has 0 heterocycles. The van der Waals surface area contributed by atoms with E-state index in [1.165, 1.54) is 36.5 Å². The SMILES string of the molecule is CCOC(=O)c1c(C)cc(OC)cc1OCOC.CCOC(=O)c1c(C[Se]c2ccccc2)cc(OC)cc1OCOC.CCOC(=O)c1c(OCOC)cc(OC)cc1C([Se]c1ccccc1)[Se]c1ccccc1.c1ccc([Se][Se]c2ccccc2)cc1. The fraction of sp³-hybridized carbons (Fsp3) is 0.261. The molecule has 8 rings (SSSR count). The zero-order chi connectivity index (χ0) is 64.0. The van der Waals surface area contributed by atoms with Gasteiger partial charge in [-0.25, -0.2) is 4.79 Å². The first-order valence-corrected chi connectivity index (χ1v) is 39.8. The van der Waals surface area contributed by atoms with Gasteiger partial charge in [-0.1, -0.05) is 0 Å². The number of rotatable bonds is 29. The van der Waals surface area contributed by atoms with E-state index in [-0.39, 0.29) is 75.6 Å². The summed E-state index contributed by atoms with van der Waals surface area (Å²) in [5.41, 5.74) is 3.77. The Morgan fingerprint density at radius 1 is 0.393 bits per heavy atom. The summed E-state index contributed by atoms with van der Waals surface area (Å²) < 4.78 is 70.3. The third-order valence-electron chi connectivity index (χ3n) is 11.8. The molecule has 0 saturated carbocycles. The molecule has 0 N–H and O–H groups in total. The molecule has 0 spiro atoms. The van der Waals surface area contributed by atoms with Gasteiger partial charge in [0.1, 0.15) is 17.1 Å². The van der Waals surface area contributed by atoms with Crippen LogP contribution in [-0.4, -0.2) is 172 Å². The van der Waals surface area contributed by atoms with Crippen molar-refractivity contribution in [2.45, 2.75) is 36.7 Å². The molecule has 8 aromatic carbocycles. The summed E-state index contributed by atoms with van der Waals surface area (Å²) in [7, 11) is 9.35. The molecule has 0 bridgehead atoms. The van der Waals surface area contributed by atoms with Crippen LogP contribution in [0.1, 0.15) is 72.3 Å². The number of methoxy groups -OCH3 is 6. The molecule has 15 nitrogen and oxygen atoms in total. The molecule has 0 saturated heterocycles. The number of hydrogen-bond acceptors (Lipinski definition) is 15. The molecule has 89 heavy (non-hydrogen) atoms. The van der Waals surface area contributed by atoms with Crippen LogP contribution in [0.5, 0.6) is 34.5 Å². The Hall–Kier alpha value is -6.55. The summed E-state index contributed by atoms with van der Waals surface area (Å²) in [4.78, 5) is 37.4. The molecule has 0 aliphatic carbocycles. The van der Waals surface area contributed by atoms with Crippen LogP contribution in [0.2, 0.25) is 0 Å². The topological polar surface area (TPSA) is 162 Å². The number of esters is 3. The van der Waals surface area contributed by atoms with Crippen LogP contribution in [0, 0.1) is 6.92 Å². The van der Waals surface area contributed by atoms with Crippen molar-refractivity contribution in [3.8, 4) is 34.5 Å². The molecular formula is C69H76O15Se5. The minimum atomic E-state index is -0.413. The van der Waals surface area contributed by atoms with E-state index in [0.717, 1.165) is 22.0 Å². The van der Waals surface area contributed by atoms with Crippen LogP contribution in [-0.2, 0) is 33.7 Å². The van der Waals surface area contributed by atoms with Crippen molar-refractivity contribution in [3.63, 3.8) is 0 Å². The third-order valence-corrected chi connectivity index (χ3v) is 27.6. The Bertz CT molecular complexity index is 3250. The zero-order valence-corrected chi connectivity index (χ0v) is 60.2. The second kappa shape index (κ2) is 42.4. The number of hydrogen-bond donors (Lipinski definition) is 0. The fourth-order valence-corrected chi connectivity index (χ4v) is 22.4. The van der Waals surface area contributed by atoms with E-state index in [2.05, 4.69) is 121 Å². The first kappa shape index (κ1) is 73.2. The number of carbonyl (C=O) groups is 3. The predicted molar refractivity (Wildman–Crippen MR) is 355 cm³/mol. The molecule has 8 aromatic rings. The molecular weight excluding hydrogens is 1460 g/mol. The van der Waals surface area contributed by atoms with Crippen molar-refractivity contribution in [1.29, 1.82) is 0 Å². The van der Waals surface area contributed by atoms with E-state index < -0.39 is 17.9 Å². The summed E-state index contributed by atoms with van der Waals surface area (Å²) in [5, 5.41) is 0.728. The summed E-state index contributed by atoms with van der Waals surface area (Å²) >= 11 is 1.59. The van der Waals surface area contributed by atoms with Gasteiger partial charge in [-0.3, -0.25) is 0 Å². The third kappa shape index (κ3) is 25.3. The summed E-state index contributed by atoms with van der Waals surface area (Å²) in [5.74, 6) is 1.91. The van der Waals surface area contributed by atoms with Gasteiger partial charge in [0.15, 0.2) is 6.79 Å². The van der Waals surface area contributed by atoms with Crippen molar-refractivity contribution < 1.29 is 71.2 Å². The van der Waals surface area contributed by atoms with Crippen LogP contribution in [0.25, 0.3) is 0 Å². The van der Waals surface area contributed by atoms with Crippen molar-refractivity contribution in [2.75, 3.05) is 82.9 Å². The predicted octanol–water partition coefficient (Wildman–Crippen LogP) is 8.42. The van der Waals surface area contributed by atoms with Gasteiger partial charge in [0.05, 0.1) is 13.7 Å². The van der Waals surface area contributed by atoms with Crippen LogP contribution < -0.4 is 50.7 Å². The van der Waals surface area contributed by atoms with Gasteiger partial charge in [0.2, 0.25) is 0 Å². The normalized spacial score (nSPS) is 10.4. The molecule has 0 aliphatic rings. The summed E-state index contributed by atoms with van der Waals surface area (Å²) in [6, 6.07) is 63.2. The van der Waals surface area contributed by atoms with Gasteiger partial charge >= 0.3 is 458 Å².